The minimum Gasteiger partial charge on any atom is -0.338 e. The molecule has 3 aliphatic rings. The van der Waals surface area contributed by atoms with E-state index in [1.165, 1.54) is 23.0 Å². The van der Waals surface area contributed by atoms with Crippen LogP contribution in [0, 0.1) is 5.41 Å². The molecule has 5 rings (SSSR count). The highest BCUT2D eigenvalue weighted by molar-refractivity contribution is 5.89. The lowest BCUT2D eigenvalue weighted by Crippen LogP contribution is -2.58. The fourth-order valence-electron chi connectivity index (χ4n) is 5.42. The summed E-state index contributed by atoms with van der Waals surface area (Å²) in [4.78, 5) is 47.6. The van der Waals surface area contributed by atoms with Crippen LogP contribution in [0.2, 0.25) is 0 Å². The second-order valence-electron chi connectivity index (χ2n) is 11.4. The Labute approximate surface area is 223 Å². The number of urea groups is 1. The van der Waals surface area contributed by atoms with Crippen LogP contribution in [0.5, 0.6) is 0 Å². The minimum atomic E-state index is -0.941. The van der Waals surface area contributed by atoms with Crippen LogP contribution >= 0.6 is 0 Å². The Hall–Kier alpha value is -3.28. The second-order valence-corrected chi connectivity index (χ2v) is 11.4. The number of nitrogens with zero attached hydrogens (tertiary/aromatic N) is 5. The molecule has 0 saturated carbocycles. The van der Waals surface area contributed by atoms with Gasteiger partial charge in [-0.15, -0.1) is 0 Å². The minimum absolute atomic E-state index is 0.137. The highest BCUT2D eigenvalue weighted by Gasteiger charge is 2.39. The van der Waals surface area contributed by atoms with Crippen molar-refractivity contribution in [1.82, 2.24) is 29.6 Å². The molecule has 2 aromatic rings. The Kier molecular flexibility index (Phi) is 7.26. The summed E-state index contributed by atoms with van der Waals surface area (Å²) in [6.07, 6.45) is 4.13. The molecule has 3 amide bonds. The van der Waals surface area contributed by atoms with E-state index >= 15 is 0 Å². The number of anilines is 1. The molecular weight excluding hydrogens is 484 g/mol. The monoisotopic (exact) mass is 522 g/mol. The molecule has 1 spiro atoms. The van der Waals surface area contributed by atoms with Gasteiger partial charge in [-0.3, -0.25) is 19.6 Å². The van der Waals surface area contributed by atoms with Crippen LogP contribution in [0.4, 0.5) is 10.6 Å². The molecule has 38 heavy (non-hydrogen) atoms. The van der Waals surface area contributed by atoms with E-state index in [-0.39, 0.29) is 17.8 Å². The van der Waals surface area contributed by atoms with Crippen LogP contribution in [0.25, 0.3) is 5.69 Å². The molecule has 0 unspecified atom stereocenters. The molecule has 0 atom stereocenters. The summed E-state index contributed by atoms with van der Waals surface area (Å²) < 4.78 is 1.46. The van der Waals surface area contributed by atoms with E-state index in [9.17, 15) is 14.4 Å². The summed E-state index contributed by atoms with van der Waals surface area (Å²) >= 11 is 0. The number of aromatic nitrogens is 2. The summed E-state index contributed by atoms with van der Waals surface area (Å²) in [5, 5.41) is 6.11. The number of hydrogen-bond donors (Lipinski definition) is 3. The third-order valence-electron chi connectivity index (χ3n) is 7.98. The Balaban J connectivity index is 1.14. The van der Waals surface area contributed by atoms with Crippen molar-refractivity contribution in [2.75, 3.05) is 57.7 Å². The quantitative estimate of drug-likeness (QED) is 0.531. The van der Waals surface area contributed by atoms with Crippen LogP contribution in [0.1, 0.15) is 32.3 Å². The molecule has 1 aromatic carbocycles. The fourth-order valence-corrected chi connectivity index (χ4v) is 5.42. The van der Waals surface area contributed by atoms with Crippen LogP contribution < -0.4 is 22.1 Å². The number of carbonyl (C=O) groups excluding carboxylic acids is 2. The topological polar surface area (TPSA) is 129 Å². The first kappa shape index (κ1) is 26.3. The summed E-state index contributed by atoms with van der Waals surface area (Å²) in [5.74, 6) is 0.0565. The molecular formula is C27H38N8O3. The Morgan fingerprint density at radius 1 is 1.00 bits per heavy atom. The third-order valence-corrected chi connectivity index (χ3v) is 7.98. The van der Waals surface area contributed by atoms with Gasteiger partial charge in [0.05, 0.1) is 11.2 Å². The summed E-state index contributed by atoms with van der Waals surface area (Å²) in [5.41, 5.74) is 6.99. The standard InChI is InChI=1S/C27H38N8O3/c1-26(2,28)23(36)33-13-15-34(16-14-33)24(37)30-22-7-10-35(25(38)31-22)21-5-3-20(4-6-21)17-32-11-8-27(9-12-32)18-29-19-27/h3-7,10,29H,8-9,11-19,28H2,1-2H3,(H,30,31,37,38). The van der Waals surface area contributed by atoms with Crippen molar-refractivity contribution in [3.05, 3.63) is 52.6 Å². The number of piperazine rings is 1. The Morgan fingerprint density at radius 3 is 2.18 bits per heavy atom. The highest BCUT2D eigenvalue weighted by Crippen LogP contribution is 2.35. The maximum Gasteiger partial charge on any atom is 0.354 e. The number of nitrogens with one attached hydrogen (secondary N) is 2. The first-order chi connectivity index (χ1) is 18.1. The number of benzene rings is 1. The van der Waals surface area contributed by atoms with Gasteiger partial charge in [-0.05, 0) is 69.0 Å². The second kappa shape index (κ2) is 10.5. The number of nitrogens with two attached hydrogens (primary N) is 1. The lowest BCUT2D eigenvalue weighted by atomic mass is 9.73. The Morgan fingerprint density at radius 2 is 1.63 bits per heavy atom. The molecule has 3 saturated heterocycles. The molecule has 1 aromatic heterocycles. The van der Waals surface area contributed by atoms with Crippen molar-refractivity contribution in [2.45, 2.75) is 38.8 Å². The van der Waals surface area contributed by atoms with Crippen molar-refractivity contribution < 1.29 is 9.59 Å². The molecule has 0 bridgehead atoms. The first-order valence-corrected chi connectivity index (χ1v) is 13.4. The van der Waals surface area contributed by atoms with E-state index in [2.05, 4.69) is 32.7 Å². The van der Waals surface area contributed by atoms with Gasteiger partial charge >= 0.3 is 11.7 Å². The molecule has 3 aliphatic heterocycles. The number of carbonyl (C=O) groups is 2. The van der Waals surface area contributed by atoms with Crippen molar-refractivity contribution in [2.24, 2.45) is 11.1 Å². The summed E-state index contributed by atoms with van der Waals surface area (Å²) in [6.45, 7) is 10.4. The van der Waals surface area contributed by atoms with Crippen molar-refractivity contribution >= 4 is 17.8 Å². The molecule has 4 N–H and O–H groups in total. The summed E-state index contributed by atoms with van der Waals surface area (Å²) in [6, 6.07) is 9.24. The lowest BCUT2D eigenvalue weighted by molar-refractivity contribution is -0.137. The van der Waals surface area contributed by atoms with Gasteiger partial charge in [-0.1, -0.05) is 12.1 Å². The molecule has 3 fully saturated rings. The number of hydrogen-bond acceptors (Lipinski definition) is 7. The molecule has 4 heterocycles. The van der Waals surface area contributed by atoms with Crippen LogP contribution in [0.15, 0.2) is 41.3 Å². The normalized spacial score (nSPS) is 19.8. The van der Waals surface area contributed by atoms with Gasteiger partial charge in [0.1, 0.15) is 5.82 Å². The fraction of sp³-hybridized carbons (Fsp3) is 0.556. The number of likely N-dealkylation sites (tertiary alicyclic amines) is 1. The molecule has 0 radical (unpaired) electrons. The maximum atomic E-state index is 12.7. The van der Waals surface area contributed by atoms with Crippen molar-refractivity contribution in [3.8, 4) is 5.69 Å². The SMILES string of the molecule is CC(C)(N)C(=O)N1CCN(C(=O)Nc2ccn(-c3ccc(CN4CCC5(CC4)CNC5)cc3)c(=O)n2)CC1. The number of rotatable bonds is 5. The van der Waals surface area contributed by atoms with E-state index in [1.54, 1.807) is 35.9 Å². The number of amides is 3. The van der Waals surface area contributed by atoms with Gasteiger partial charge < -0.3 is 20.9 Å². The van der Waals surface area contributed by atoms with Crippen LogP contribution in [-0.2, 0) is 11.3 Å². The number of piperidine rings is 1. The molecule has 0 aliphatic carbocycles. The predicted molar refractivity (Wildman–Crippen MR) is 145 cm³/mol. The largest absolute Gasteiger partial charge is 0.354 e. The van der Waals surface area contributed by atoms with E-state index in [0.29, 0.717) is 31.6 Å². The average Bonchev–Trinajstić information content (AvgIpc) is 2.88. The van der Waals surface area contributed by atoms with E-state index in [1.807, 2.05) is 12.1 Å². The molecule has 11 heteroatoms. The summed E-state index contributed by atoms with van der Waals surface area (Å²) in [7, 11) is 0. The van der Waals surface area contributed by atoms with Gasteiger partial charge in [0, 0.05) is 52.0 Å². The molecule has 11 nitrogen and oxygen atoms in total. The zero-order valence-electron chi connectivity index (χ0n) is 22.3. The van der Waals surface area contributed by atoms with Gasteiger partial charge in [-0.2, -0.15) is 4.98 Å². The van der Waals surface area contributed by atoms with Gasteiger partial charge in [0.15, 0.2) is 0 Å². The van der Waals surface area contributed by atoms with Gasteiger partial charge in [0.25, 0.3) is 0 Å². The van der Waals surface area contributed by atoms with Crippen LogP contribution in [0.3, 0.4) is 0 Å². The van der Waals surface area contributed by atoms with Gasteiger partial charge in [0.2, 0.25) is 5.91 Å². The van der Waals surface area contributed by atoms with Crippen molar-refractivity contribution in [1.29, 1.82) is 0 Å². The van der Waals surface area contributed by atoms with E-state index in [0.717, 1.165) is 38.4 Å². The first-order valence-electron chi connectivity index (χ1n) is 13.4. The van der Waals surface area contributed by atoms with E-state index in [4.69, 9.17) is 5.73 Å². The maximum absolute atomic E-state index is 12.7. The smallest absolute Gasteiger partial charge is 0.338 e. The highest BCUT2D eigenvalue weighted by atomic mass is 16.2. The zero-order valence-corrected chi connectivity index (χ0v) is 22.3. The predicted octanol–water partition coefficient (Wildman–Crippen LogP) is 0.831. The van der Waals surface area contributed by atoms with Crippen LogP contribution in [-0.4, -0.2) is 94.1 Å². The van der Waals surface area contributed by atoms with Gasteiger partial charge in [-0.25, -0.2) is 9.59 Å². The zero-order chi connectivity index (χ0) is 26.9. The molecule has 204 valence electrons. The Bertz CT molecular complexity index is 1210. The third kappa shape index (κ3) is 5.74. The van der Waals surface area contributed by atoms with E-state index < -0.39 is 11.2 Å². The average molecular weight is 523 g/mol. The van der Waals surface area contributed by atoms with Crippen molar-refractivity contribution in [3.63, 3.8) is 0 Å². The lowest BCUT2D eigenvalue weighted by Gasteiger charge is -2.48.